The molecule has 0 amide bonds. The number of ether oxygens (including phenoxy) is 1. The summed E-state index contributed by atoms with van der Waals surface area (Å²) < 4.78 is 29.2. The lowest BCUT2D eigenvalue weighted by molar-refractivity contribution is 0.479. The lowest BCUT2D eigenvalue weighted by Crippen LogP contribution is -1.96. The van der Waals surface area contributed by atoms with Gasteiger partial charge in [0.05, 0.1) is 9.37 Å². The fourth-order valence-electron chi connectivity index (χ4n) is 1.57. The van der Waals surface area contributed by atoms with Crippen molar-refractivity contribution in [1.82, 2.24) is 0 Å². The molecule has 3 nitrogen and oxygen atoms in total. The van der Waals surface area contributed by atoms with E-state index in [-0.39, 0.29) is 4.90 Å². The van der Waals surface area contributed by atoms with Crippen molar-refractivity contribution >= 4 is 25.8 Å². The van der Waals surface area contributed by atoms with E-state index in [9.17, 15) is 8.42 Å². The Kier molecular flexibility index (Phi) is 3.96. The highest BCUT2D eigenvalue weighted by Gasteiger charge is 2.07. The lowest BCUT2D eigenvalue weighted by atomic mass is 10.2. The molecule has 19 heavy (non-hydrogen) atoms. The molecular weight excluding hydrogens is 328 g/mol. The molecule has 0 aliphatic heterocycles. The van der Waals surface area contributed by atoms with Gasteiger partial charge in [-0.2, -0.15) is 0 Å². The van der Waals surface area contributed by atoms with Gasteiger partial charge in [0.25, 0.3) is 0 Å². The molecule has 0 bridgehead atoms. The highest BCUT2D eigenvalue weighted by atomic mass is 79.9. The van der Waals surface area contributed by atoms with E-state index < -0.39 is 9.84 Å². The van der Waals surface area contributed by atoms with Crippen LogP contribution in [0.4, 0.5) is 0 Å². The van der Waals surface area contributed by atoms with Crippen LogP contribution in [0.15, 0.2) is 51.8 Å². The topological polar surface area (TPSA) is 43.4 Å². The molecule has 5 heteroatoms. The van der Waals surface area contributed by atoms with Gasteiger partial charge in [0.2, 0.25) is 0 Å². The minimum atomic E-state index is -3.17. The van der Waals surface area contributed by atoms with E-state index in [0.29, 0.717) is 11.5 Å². The molecule has 0 aromatic heterocycles. The zero-order valence-electron chi connectivity index (χ0n) is 10.6. The third-order valence-electron chi connectivity index (χ3n) is 2.57. The molecule has 2 aromatic rings. The molecule has 0 aliphatic rings. The predicted molar refractivity (Wildman–Crippen MR) is 78.5 cm³/mol. The predicted octanol–water partition coefficient (Wildman–Crippen LogP) is 3.95. The second-order valence-electron chi connectivity index (χ2n) is 4.28. The Labute approximate surface area is 121 Å². The van der Waals surface area contributed by atoms with E-state index in [1.165, 1.54) is 18.4 Å². The normalized spacial score (nSPS) is 11.3. The molecule has 100 valence electrons. The molecule has 0 radical (unpaired) electrons. The van der Waals surface area contributed by atoms with Crippen LogP contribution in [0.3, 0.4) is 0 Å². The largest absolute Gasteiger partial charge is 0.456 e. The Bertz CT molecular complexity index is 691. The maximum absolute atomic E-state index is 11.3. The summed E-state index contributed by atoms with van der Waals surface area (Å²) in [6.45, 7) is 2.00. The molecule has 0 heterocycles. The van der Waals surface area contributed by atoms with Gasteiger partial charge in [0.15, 0.2) is 9.84 Å². The minimum absolute atomic E-state index is 0.280. The van der Waals surface area contributed by atoms with Crippen LogP contribution in [0.1, 0.15) is 5.56 Å². The Balaban J connectivity index is 2.25. The van der Waals surface area contributed by atoms with E-state index >= 15 is 0 Å². The fourth-order valence-corrected chi connectivity index (χ4v) is 2.78. The quantitative estimate of drug-likeness (QED) is 0.849. The number of aryl methyl sites for hydroxylation is 1. The highest BCUT2D eigenvalue weighted by Crippen LogP contribution is 2.30. The number of sulfone groups is 1. The maximum Gasteiger partial charge on any atom is 0.175 e. The Morgan fingerprint density at radius 1 is 1.05 bits per heavy atom. The molecule has 0 N–H and O–H groups in total. The first kappa shape index (κ1) is 14.1. The van der Waals surface area contributed by atoms with Gasteiger partial charge in [-0.1, -0.05) is 6.07 Å². The lowest BCUT2D eigenvalue weighted by Gasteiger charge is -2.08. The SMILES string of the molecule is Cc1ccc(Oc2ccc(S(C)(=O)=O)cc2)c(Br)c1. The zero-order valence-corrected chi connectivity index (χ0v) is 13.0. The van der Waals surface area contributed by atoms with Gasteiger partial charge in [-0.05, 0) is 64.8 Å². The summed E-state index contributed by atoms with van der Waals surface area (Å²) in [4.78, 5) is 0.280. The molecule has 2 aromatic carbocycles. The highest BCUT2D eigenvalue weighted by molar-refractivity contribution is 9.10. The van der Waals surface area contributed by atoms with Crippen LogP contribution >= 0.6 is 15.9 Å². The van der Waals surface area contributed by atoms with Gasteiger partial charge in [0.1, 0.15) is 11.5 Å². The van der Waals surface area contributed by atoms with Crippen LogP contribution in [-0.4, -0.2) is 14.7 Å². The molecule has 0 unspecified atom stereocenters. The van der Waals surface area contributed by atoms with Crippen molar-refractivity contribution in [2.24, 2.45) is 0 Å². The van der Waals surface area contributed by atoms with E-state index in [2.05, 4.69) is 15.9 Å². The molecule has 0 saturated carbocycles. The zero-order chi connectivity index (χ0) is 14.0. The smallest absolute Gasteiger partial charge is 0.175 e. The first-order valence-corrected chi connectivity index (χ1v) is 8.29. The third-order valence-corrected chi connectivity index (χ3v) is 4.32. The maximum atomic E-state index is 11.3. The molecule has 0 fully saturated rings. The van der Waals surface area contributed by atoms with Crippen molar-refractivity contribution in [3.63, 3.8) is 0 Å². The first-order chi connectivity index (χ1) is 8.86. The van der Waals surface area contributed by atoms with Crippen LogP contribution in [0.25, 0.3) is 0 Å². The summed E-state index contributed by atoms with van der Waals surface area (Å²) in [7, 11) is -3.17. The molecule has 0 aliphatic carbocycles. The molecule has 0 saturated heterocycles. The van der Waals surface area contributed by atoms with Crippen molar-refractivity contribution in [3.8, 4) is 11.5 Å². The van der Waals surface area contributed by atoms with Gasteiger partial charge in [-0.15, -0.1) is 0 Å². The average Bonchev–Trinajstić information content (AvgIpc) is 2.32. The summed E-state index contributed by atoms with van der Waals surface area (Å²) in [5.74, 6) is 1.29. The summed E-state index contributed by atoms with van der Waals surface area (Å²) in [5, 5.41) is 0. The molecule has 0 atom stereocenters. The second kappa shape index (κ2) is 5.35. The minimum Gasteiger partial charge on any atom is -0.456 e. The molecular formula is C14H13BrO3S. The van der Waals surface area contributed by atoms with Crippen LogP contribution in [-0.2, 0) is 9.84 Å². The summed E-state index contributed by atoms with van der Waals surface area (Å²) >= 11 is 3.43. The van der Waals surface area contributed by atoms with E-state index in [4.69, 9.17) is 4.74 Å². The van der Waals surface area contributed by atoms with Crippen LogP contribution in [0, 0.1) is 6.92 Å². The van der Waals surface area contributed by atoms with Gasteiger partial charge < -0.3 is 4.74 Å². The first-order valence-electron chi connectivity index (χ1n) is 5.60. The number of hydrogen-bond acceptors (Lipinski definition) is 3. The van der Waals surface area contributed by atoms with Gasteiger partial charge >= 0.3 is 0 Å². The van der Waals surface area contributed by atoms with Crippen molar-refractivity contribution < 1.29 is 13.2 Å². The van der Waals surface area contributed by atoms with E-state index in [1.807, 2.05) is 25.1 Å². The van der Waals surface area contributed by atoms with Crippen molar-refractivity contribution in [2.75, 3.05) is 6.26 Å². The van der Waals surface area contributed by atoms with E-state index in [0.717, 1.165) is 10.0 Å². The third kappa shape index (κ3) is 3.58. The Morgan fingerprint density at radius 2 is 1.68 bits per heavy atom. The van der Waals surface area contributed by atoms with Crippen LogP contribution < -0.4 is 4.74 Å². The van der Waals surface area contributed by atoms with Gasteiger partial charge in [-0.3, -0.25) is 0 Å². The van der Waals surface area contributed by atoms with Crippen molar-refractivity contribution in [3.05, 3.63) is 52.5 Å². The van der Waals surface area contributed by atoms with Crippen LogP contribution in [0.2, 0.25) is 0 Å². The summed E-state index contributed by atoms with van der Waals surface area (Å²) in [5.41, 5.74) is 1.13. The van der Waals surface area contributed by atoms with Crippen LogP contribution in [0.5, 0.6) is 11.5 Å². The molecule has 2 rings (SSSR count). The Morgan fingerprint density at radius 3 is 2.21 bits per heavy atom. The van der Waals surface area contributed by atoms with Crippen molar-refractivity contribution in [2.45, 2.75) is 11.8 Å². The van der Waals surface area contributed by atoms with E-state index in [1.54, 1.807) is 12.1 Å². The summed E-state index contributed by atoms with van der Waals surface area (Å²) in [6, 6.07) is 12.1. The number of hydrogen-bond donors (Lipinski definition) is 0. The standard InChI is InChI=1S/C14H13BrO3S/c1-10-3-8-14(13(15)9-10)18-11-4-6-12(7-5-11)19(2,16)17/h3-9H,1-2H3. The number of halogens is 1. The van der Waals surface area contributed by atoms with Gasteiger partial charge in [-0.25, -0.2) is 8.42 Å². The summed E-state index contributed by atoms with van der Waals surface area (Å²) in [6.07, 6.45) is 1.18. The molecule has 0 spiro atoms. The fraction of sp³-hybridized carbons (Fsp3) is 0.143. The average molecular weight is 341 g/mol. The monoisotopic (exact) mass is 340 g/mol. The second-order valence-corrected chi connectivity index (χ2v) is 7.15. The van der Waals surface area contributed by atoms with Crippen molar-refractivity contribution in [1.29, 1.82) is 0 Å². The van der Waals surface area contributed by atoms with Gasteiger partial charge in [0, 0.05) is 6.26 Å². The number of benzene rings is 2. The Hall–Kier alpha value is -1.33. The number of rotatable bonds is 3.